The van der Waals surface area contributed by atoms with Crippen molar-refractivity contribution in [3.05, 3.63) is 27.7 Å². The number of rotatable bonds is 7. The molecule has 0 spiro atoms. The Morgan fingerprint density at radius 1 is 1.03 bits per heavy atom. The van der Waals surface area contributed by atoms with E-state index in [1.165, 1.54) is 22.7 Å². The van der Waals surface area contributed by atoms with Crippen LogP contribution < -0.4 is 14.4 Å². The number of benzene rings is 1. The Kier molecular flexibility index (Phi) is 7.81. The van der Waals surface area contributed by atoms with Gasteiger partial charge in [-0.2, -0.15) is 0 Å². The molecule has 2 aromatic heterocycles. The number of carbonyl (C=O) groups excluding carboxylic acids is 1. The molecule has 7 nitrogen and oxygen atoms in total. The Morgan fingerprint density at radius 2 is 1.69 bits per heavy atom. The van der Waals surface area contributed by atoms with Crippen molar-refractivity contribution in [1.29, 1.82) is 0 Å². The largest absolute Gasteiger partial charge is 0.495 e. The summed E-state index contributed by atoms with van der Waals surface area (Å²) in [5.74, 6) is 1.29. The number of fused-ring (bicyclic) bond motifs is 1. The summed E-state index contributed by atoms with van der Waals surface area (Å²) in [6.07, 6.45) is 0. The zero-order valence-corrected chi connectivity index (χ0v) is 19.8. The lowest BCUT2D eigenvalue weighted by Crippen LogP contribution is -2.36. The molecule has 29 heavy (non-hydrogen) atoms. The molecule has 1 aromatic carbocycles. The molecule has 0 aliphatic heterocycles. The molecule has 0 saturated heterocycles. The first-order valence-corrected chi connectivity index (χ1v) is 10.4. The fourth-order valence-electron chi connectivity index (χ4n) is 2.83. The van der Waals surface area contributed by atoms with E-state index in [1.54, 1.807) is 19.1 Å². The molecule has 3 rings (SSSR count). The topological polar surface area (TPSA) is 67.8 Å². The molecule has 0 saturated carbocycles. The summed E-state index contributed by atoms with van der Waals surface area (Å²) in [4.78, 5) is 26.9. The van der Waals surface area contributed by atoms with Gasteiger partial charge in [-0.1, -0.05) is 11.3 Å². The molecule has 2 heterocycles. The van der Waals surface area contributed by atoms with Gasteiger partial charge in [-0.15, -0.1) is 23.7 Å². The minimum atomic E-state index is -0.0815. The van der Waals surface area contributed by atoms with E-state index < -0.39 is 0 Å². The monoisotopic (exact) mass is 456 g/mol. The van der Waals surface area contributed by atoms with Gasteiger partial charge in [0.05, 0.1) is 24.9 Å². The maximum Gasteiger partial charge on any atom is 0.272 e. The molecular formula is C19H25ClN4O3S2. The third-order valence-electron chi connectivity index (χ3n) is 4.24. The number of hydrogen-bond acceptors (Lipinski definition) is 8. The van der Waals surface area contributed by atoms with E-state index in [4.69, 9.17) is 14.5 Å². The van der Waals surface area contributed by atoms with E-state index in [0.717, 1.165) is 15.4 Å². The molecule has 10 heteroatoms. The Bertz CT molecular complexity index is 962. The van der Waals surface area contributed by atoms with Crippen molar-refractivity contribution in [2.24, 2.45) is 0 Å². The summed E-state index contributed by atoms with van der Waals surface area (Å²) in [7, 11) is 7.20. The Hall–Kier alpha value is -1.94. The highest BCUT2D eigenvalue weighted by atomic mass is 35.5. The molecule has 0 N–H and O–H groups in total. The molecule has 0 radical (unpaired) electrons. The minimum Gasteiger partial charge on any atom is -0.495 e. The highest BCUT2D eigenvalue weighted by molar-refractivity contribution is 7.23. The van der Waals surface area contributed by atoms with Crippen LogP contribution in [-0.4, -0.2) is 62.2 Å². The van der Waals surface area contributed by atoms with Crippen molar-refractivity contribution in [3.63, 3.8) is 0 Å². The predicted molar refractivity (Wildman–Crippen MR) is 122 cm³/mol. The van der Waals surface area contributed by atoms with Crippen LogP contribution in [0.2, 0.25) is 0 Å². The molecule has 0 fully saturated rings. The molecule has 3 aromatic rings. The number of methoxy groups -OCH3 is 2. The van der Waals surface area contributed by atoms with Gasteiger partial charge in [0.15, 0.2) is 5.13 Å². The van der Waals surface area contributed by atoms with Crippen molar-refractivity contribution in [1.82, 2.24) is 14.9 Å². The van der Waals surface area contributed by atoms with E-state index in [1.807, 2.05) is 45.0 Å². The number of nitrogens with zero attached hydrogens (tertiary/aromatic N) is 4. The average Bonchev–Trinajstić information content (AvgIpc) is 3.23. The number of carbonyl (C=O) groups is 1. The smallest absolute Gasteiger partial charge is 0.272 e. The molecule has 0 atom stereocenters. The number of aromatic nitrogens is 2. The minimum absolute atomic E-state index is 0. The fraction of sp³-hybridized carbons (Fsp3) is 0.421. The van der Waals surface area contributed by atoms with Crippen LogP contribution in [0.5, 0.6) is 11.5 Å². The van der Waals surface area contributed by atoms with Gasteiger partial charge in [-0.25, -0.2) is 9.97 Å². The number of hydrogen-bond donors (Lipinski definition) is 0. The van der Waals surface area contributed by atoms with Gasteiger partial charge in [0.2, 0.25) is 0 Å². The zero-order chi connectivity index (χ0) is 20.4. The van der Waals surface area contributed by atoms with Gasteiger partial charge in [0, 0.05) is 13.1 Å². The summed E-state index contributed by atoms with van der Waals surface area (Å²) in [6, 6.07) is 3.68. The highest BCUT2D eigenvalue weighted by Crippen LogP contribution is 2.40. The summed E-state index contributed by atoms with van der Waals surface area (Å²) < 4.78 is 11.8. The van der Waals surface area contributed by atoms with Crippen LogP contribution >= 0.6 is 35.1 Å². The molecule has 0 aliphatic rings. The summed E-state index contributed by atoms with van der Waals surface area (Å²) in [5.41, 5.74) is 1.44. The second kappa shape index (κ2) is 9.71. The first kappa shape index (κ1) is 23.3. The number of amides is 1. The van der Waals surface area contributed by atoms with Gasteiger partial charge < -0.3 is 14.4 Å². The number of thiazole rings is 2. The van der Waals surface area contributed by atoms with Crippen molar-refractivity contribution in [3.8, 4) is 11.5 Å². The lowest BCUT2D eigenvalue weighted by molar-refractivity contribution is 0.0988. The maximum absolute atomic E-state index is 13.4. The van der Waals surface area contributed by atoms with Crippen LogP contribution in [-0.2, 0) is 0 Å². The number of anilines is 1. The maximum atomic E-state index is 13.4. The lowest BCUT2D eigenvalue weighted by Gasteiger charge is -2.21. The molecule has 158 valence electrons. The Labute approximate surface area is 184 Å². The van der Waals surface area contributed by atoms with Gasteiger partial charge in [-0.3, -0.25) is 9.69 Å². The van der Waals surface area contributed by atoms with Crippen LogP contribution in [0.3, 0.4) is 0 Å². The summed E-state index contributed by atoms with van der Waals surface area (Å²) in [5, 5.41) is 1.50. The first-order chi connectivity index (χ1) is 13.3. The fourth-order valence-corrected chi connectivity index (χ4v) is 4.79. The predicted octanol–water partition coefficient (Wildman–Crippen LogP) is 4.02. The molecule has 1 amide bonds. The third-order valence-corrected chi connectivity index (χ3v) is 6.40. The highest BCUT2D eigenvalue weighted by Gasteiger charge is 2.26. The summed E-state index contributed by atoms with van der Waals surface area (Å²) in [6.45, 7) is 5.01. The Balaban J connectivity index is 0.00000300. The number of ether oxygens (including phenoxy) is 2. The lowest BCUT2D eigenvalue weighted by atomic mass is 10.3. The van der Waals surface area contributed by atoms with Crippen molar-refractivity contribution >= 4 is 56.3 Å². The molecule has 0 aliphatic carbocycles. The van der Waals surface area contributed by atoms with Crippen LogP contribution in [0.1, 0.15) is 20.4 Å². The second-order valence-electron chi connectivity index (χ2n) is 6.55. The molecule has 0 unspecified atom stereocenters. The van der Waals surface area contributed by atoms with Gasteiger partial charge in [-0.05, 0) is 40.1 Å². The van der Waals surface area contributed by atoms with Crippen LogP contribution in [0.15, 0.2) is 12.1 Å². The second-order valence-corrected chi connectivity index (χ2v) is 8.73. The van der Waals surface area contributed by atoms with Crippen LogP contribution in [0.4, 0.5) is 5.13 Å². The SMILES string of the molecule is COc1ccc(OC)c2sc(N(CCN(C)C)C(=O)c3sc(C)nc3C)nc12.Cl. The van der Waals surface area contributed by atoms with Crippen LogP contribution in [0, 0.1) is 13.8 Å². The standard InChI is InChI=1S/C19H24N4O3S2.ClH/c1-11-16(27-12(2)20-11)18(24)23(10-9-22(3)4)19-21-15-13(25-5)7-8-14(26-6)17(15)28-19;/h7-8H,9-10H2,1-6H3;1H. The quantitative estimate of drug-likeness (QED) is 0.535. The molecular weight excluding hydrogens is 432 g/mol. The average molecular weight is 457 g/mol. The van der Waals surface area contributed by atoms with Gasteiger partial charge >= 0.3 is 0 Å². The summed E-state index contributed by atoms with van der Waals surface area (Å²) >= 11 is 2.84. The number of likely N-dealkylation sites (N-methyl/N-ethyl adjacent to an activating group) is 1. The number of aryl methyl sites for hydroxylation is 2. The van der Waals surface area contributed by atoms with E-state index in [-0.39, 0.29) is 18.3 Å². The van der Waals surface area contributed by atoms with Gasteiger partial charge in [0.25, 0.3) is 5.91 Å². The van der Waals surface area contributed by atoms with Crippen molar-refractivity contribution in [2.45, 2.75) is 13.8 Å². The van der Waals surface area contributed by atoms with Crippen LogP contribution in [0.25, 0.3) is 10.2 Å². The van der Waals surface area contributed by atoms with E-state index in [2.05, 4.69) is 4.98 Å². The normalized spacial score (nSPS) is 10.9. The van der Waals surface area contributed by atoms with Crippen molar-refractivity contribution < 1.29 is 14.3 Å². The van der Waals surface area contributed by atoms with E-state index in [0.29, 0.717) is 40.1 Å². The first-order valence-electron chi connectivity index (χ1n) is 8.77. The zero-order valence-electron chi connectivity index (χ0n) is 17.3. The molecule has 0 bridgehead atoms. The third kappa shape index (κ3) is 4.80. The van der Waals surface area contributed by atoms with Crippen molar-refractivity contribution in [2.75, 3.05) is 46.3 Å². The van der Waals surface area contributed by atoms with E-state index >= 15 is 0 Å². The van der Waals surface area contributed by atoms with Gasteiger partial charge in [0.1, 0.15) is 26.6 Å². The van der Waals surface area contributed by atoms with E-state index in [9.17, 15) is 4.79 Å². The number of halogens is 1. The Morgan fingerprint density at radius 3 is 2.24 bits per heavy atom.